The number of benzene rings is 2. The van der Waals surface area contributed by atoms with Crippen LogP contribution in [0.3, 0.4) is 0 Å². The normalized spacial score (nSPS) is 10.8. The Morgan fingerprint density at radius 2 is 1.85 bits per heavy atom. The quantitative estimate of drug-likeness (QED) is 0.859. The highest BCUT2D eigenvalue weighted by Crippen LogP contribution is 2.16. The van der Waals surface area contributed by atoms with Crippen molar-refractivity contribution in [2.24, 2.45) is 0 Å². The van der Waals surface area contributed by atoms with Gasteiger partial charge in [0.2, 0.25) is 0 Å². The Morgan fingerprint density at radius 1 is 1.10 bits per heavy atom. The lowest BCUT2D eigenvalue weighted by atomic mass is 10.1. The van der Waals surface area contributed by atoms with Gasteiger partial charge >= 0.3 is 0 Å². The fourth-order valence-corrected chi connectivity index (χ4v) is 2.26. The lowest BCUT2D eigenvalue weighted by Crippen LogP contribution is -2.14. The number of methoxy groups -OCH3 is 1. The second-order valence-electron chi connectivity index (χ2n) is 4.55. The second kappa shape index (κ2) is 7.53. The highest BCUT2D eigenvalue weighted by Gasteiger charge is 2.03. The summed E-state index contributed by atoms with van der Waals surface area (Å²) in [7, 11) is 1.69. The molecule has 2 rings (SSSR count). The Balaban J connectivity index is 1.94. The van der Waals surface area contributed by atoms with Crippen molar-refractivity contribution in [2.75, 3.05) is 7.11 Å². The molecule has 0 unspecified atom stereocenters. The Hall–Kier alpha value is -1.23. The fourth-order valence-electron chi connectivity index (χ4n) is 2.02. The Labute approximate surface area is 127 Å². The monoisotopic (exact) mass is 337 g/mol. The van der Waals surface area contributed by atoms with Crippen LogP contribution in [0, 0.1) is 5.82 Å². The molecule has 0 aliphatic heterocycles. The van der Waals surface area contributed by atoms with Gasteiger partial charge in [-0.2, -0.15) is 0 Å². The summed E-state index contributed by atoms with van der Waals surface area (Å²) >= 11 is 3.15. The number of nitrogens with one attached hydrogen (secondary N) is 1. The summed E-state index contributed by atoms with van der Waals surface area (Å²) in [6.07, 6.45) is 0. The van der Waals surface area contributed by atoms with E-state index in [0.717, 1.165) is 12.1 Å². The molecule has 0 fully saturated rings. The lowest BCUT2D eigenvalue weighted by Gasteiger charge is -2.10. The largest absolute Gasteiger partial charge is 0.380 e. The number of halogens is 2. The molecule has 0 aromatic heterocycles. The second-order valence-corrected chi connectivity index (χ2v) is 5.41. The molecule has 0 bridgehead atoms. The number of hydrogen-bond acceptors (Lipinski definition) is 2. The van der Waals surface area contributed by atoms with Gasteiger partial charge in [-0.3, -0.25) is 0 Å². The van der Waals surface area contributed by atoms with E-state index < -0.39 is 0 Å². The molecule has 4 heteroatoms. The van der Waals surface area contributed by atoms with E-state index in [4.69, 9.17) is 4.74 Å². The molecule has 0 aliphatic carbocycles. The summed E-state index contributed by atoms with van der Waals surface area (Å²) in [5.74, 6) is -0.232. The summed E-state index contributed by atoms with van der Waals surface area (Å²) in [5, 5.41) is 3.33. The Morgan fingerprint density at radius 3 is 2.55 bits per heavy atom. The first kappa shape index (κ1) is 15.2. The molecule has 0 aliphatic rings. The van der Waals surface area contributed by atoms with Crippen LogP contribution in [0.15, 0.2) is 46.9 Å². The highest BCUT2D eigenvalue weighted by atomic mass is 79.9. The van der Waals surface area contributed by atoms with Crippen molar-refractivity contribution in [2.45, 2.75) is 19.7 Å². The maximum atomic E-state index is 13.4. The molecule has 0 spiro atoms. The minimum atomic E-state index is -0.232. The van der Waals surface area contributed by atoms with E-state index in [0.29, 0.717) is 17.6 Å². The van der Waals surface area contributed by atoms with Gasteiger partial charge in [0.25, 0.3) is 0 Å². The Bertz CT molecular complexity index is 574. The number of rotatable bonds is 6. The topological polar surface area (TPSA) is 21.3 Å². The molecular weight excluding hydrogens is 321 g/mol. The van der Waals surface area contributed by atoms with Crippen molar-refractivity contribution in [3.8, 4) is 0 Å². The molecule has 20 heavy (non-hydrogen) atoms. The average Bonchev–Trinajstić information content (AvgIpc) is 2.45. The van der Waals surface area contributed by atoms with Crippen LogP contribution in [-0.2, 0) is 24.4 Å². The average molecular weight is 338 g/mol. The van der Waals surface area contributed by atoms with Crippen LogP contribution in [0.5, 0.6) is 0 Å². The van der Waals surface area contributed by atoms with E-state index in [-0.39, 0.29) is 5.82 Å². The van der Waals surface area contributed by atoms with Gasteiger partial charge in [0.15, 0.2) is 0 Å². The zero-order valence-corrected chi connectivity index (χ0v) is 12.9. The van der Waals surface area contributed by atoms with Crippen molar-refractivity contribution >= 4 is 15.9 Å². The Kier molecular flexibility index (Phi) is 5.71. The fraction of sp³-hybridized carbons (Fsp3) is 0.250. The number of hydrogen-bond donors (Lipinski definition) is 1. The van der Waals surface area contributed by atoms with Gasteiger partial charge in [0.05, 0.1) is 11.1 Å². The number of ether oxygens (including phenoxy) is 1. The maximum absolute atomic E-state index is 13.4. The molecule has 2 aromatic rings. The highest BCUT2D eigenvalue weighted by molar-refractivity contribution is 9.10. The van der Waals surface area contributed by atoms with Gasteiger partial charge < -0.3 is 10.1 Å². The molecule has 0 heterocycles. The predicted molar refractivity (Wildman–Crippen MR) is 81.8 cm³/mol. The molecule has 0 atom stereocenters. The summed E-state index contributed by atoms with van der Waals surface area (Å²) < 4.78 is 19.1. The van der Waals surface area contributed by atoms with Crippen LogP contribution in [-0.4, -0.2) is 7.11 Å². The minimum absolute atomic E-state index is 0.232. The molecule has 1 N–H and O–H groups in total. The summed E-state index contributed by atoms with van der Waals surface area (Å²) in [5.41, 5.74) is 3.30. The van der Waals surface area contributed by atoms with Gasteiger partial charge in [-0.05, 0) is 44.8 Å². The van der Waals surface area contributed by atoms with E-state index >= 15 is 0 Å². The first-order chi connectivity index (χ1) is 9.70. The van der Waals surface area contributed by atoms with Crippen molar-refractivity contribution < 1.29 is 9.13 Å². The van der Waals surface area contributed by atoms with Crippen LogP contribution in [0.25, 0.3) is 0 Å². The minimum Gasteiger partial charge on any atom is -0.380 e. The van der Waals surface area contributed by atoms with Gasteiger partial charge in [-0.15, -0.1) is 0 Å². The lowest BCUT2D eigenvalue weighted by molar-refractivity contribution is 0.184. The molecule has 0 amide bonds. The first-order valence-corrected chi connectivity index (χ1v) is 7.20. The molecule has 0 saturated heterocycles. The molecule has 2 aromatic carbocycles. The summed E-state index contributed by atoms with van der Waals surface area (Å²) in [6, 6.07) is 13.3. The van der Waals surface area contributed by atoms with Crippen molar-refractivity contribution in [3.63, 3.8) is 0 Å². The zero-order chi connectivity index (χ0) is 14.4. The maximum Gasteiger partial charge on any atom is 0.137 e. The van der Waals surface area contributed by atoms with E-state index in [1.807, 2.05) is 18.2 Å². The molecule has 2 nitrogen and oxygen atoms in total. The van der Waals surface area contributed by atoms with Crippen LogP contribution >= 0.6 is 15.9 Å². The third kappa shape index (κ3) is 4.13. The smallest absolute Gasteiger partial charge is 0.137 e. The van der Waals surface area contributed by atoms with Crippen LogP contribution in [0.2, 0.25) is 0 Å². The zero-order valence-electron chi connectivity index (χ0n) is 11.3. The summed E-state index contributed by atoms with van der Waals surface area (Å²) in [4.78, 5) is 0. The molecule has 0 saturated carbocycles. The van der Waals surface area contributed by atoms with Gasteiger partial charge in [0, 0.05) is 20.2 Å². The van der Waals surface area contributed by atoms with Crippen LogP contribution in [0.1, 0.15) is 16.7 Å². The third-order valence-electron chi connectivity index (χ3n) is 3.05. The van der Waals surface area contributed by atoms with E-state index in [1.54, 1.807) is 13.2 Å². The van der Waals surface area contributed by atoms with E-state index in [9.17, 15) is 4.39 Å². The summed E-state index contributed by atoms with van der Waals surface area (Å²) in [6.45, 7) is 1.97. The van der Waals surface area contributed by atoms with Crippen LogP contribution in [0.4, 0.5) is 4.39 Å². The predicted octanol–water partition coefficient (Wildman–Crippen LogP) is 4.02. The first-order valence-electron chi connectivity index (χ1n) is 6.41. The van der Waals surface area contributed by atoms with Crippen molar-refractivity contribution in [1.29, 1.82) is 0 Å². The van der Waals surface area contributed by atoms with Crippen LogP contribution < -0.4 is 5.32 Å². The molecule has 106 valence electrons. The van der Waals surface area contributed by atoms with E-state index in [2.05, 4.69) is 33.4 Å². The molecule has 0 radical (unpaired) electrons. The van der Waals surface area contributed by atoms with Crippen molar-refractivity contribution in [3.05, 3.63) is 69.4 Å². The van der Waals surface area contributed by atoms with E-state index in [1.165, 1.54) is 17.2 Å². The van der Waals surface area contributed by atoms with Gasteiger partial charge in [0.1, 0.15) is 5.82 Å². The SMILES string of the molecule is COCc1ccccc1CNCc1ccc(Br)c(F)c1. The van der Waals surface area contributed by atoms with Crippen molar-refractivity contribution in [1.82, 2.24) is 5.32 Å². The standard InChI is InChI=1S/C16H17BrFNO/c1-20-11-14-5-3-2-4-13(14)10-19-9-12-6-7-15(17)16(18)8-12/h2-8,19H,9-11H2,1H3. The third-order valence-corrected chi connectivity index (χ3v) is 3.69. The van der Waals surface area contributed by atoms with Gasteiger partial charge in [-0.25, -0.2) is 4.39 Å². The molecular formula is C16H17BrFNO. The van der Waals surface area contributed by atoms with Gasteiger partial charge in [-0.1, -0.05) is 30.3 Å².